The Bertz CT molecular complexity index is 308. The molecule has 1 atom stereocenters. The van der Waals surface area contributed by atoms with Crippen molar-refractivity contribution in [1.29, 1.82) is 5.41 Å². The Morgan fingerprint density at radius 2 is 1.93 bits per heavy atom. The van der Waals surface area contributed by atoms with Crippen LogP contribution >= 0.6 is 8.25 Å². The first kappa shape index (κ1) is 12.8. The van der Waals surface area contributed by atoms with Gasteiger partial charge in [-0.05, 0) is 5.56 Å². The van der Waals surface area contributed by atoms with E-state index in [0.717, 1.165) is 11.6 Å². The summed E-state index contributed by atoms with van der Waals surface area (Å²) >= 11 is 0. The van der Waals surface area contributed by atoms with Crippen LogP contribution < -0.4 is 0 Å². The predicted octanol–water partition coefficient (Wildman–Crippen LogP) is 1.49. The fraction of sp³-hybridized carbons (Fsp3) is 0.125. The molecule has 1 aromatic carbocycles. The lowest BCUT2D eigenvalue weighted by Gasteiger charge is -1.98. The summed E-state index contributed by atoms with van der Waals surface area (Å²) in [6, 6.07) is 9.27. The lowest BCUT2D eigenvalue weighted by molar-refractivity contribution is 0.272. The van der Waals surface area contributed by atoms with Crippen molar-refractivity contribution >= 4 is 14.3 Å². The van der Waals surface area contributed by atoms with Gasteiger partial charge in [-0.1, -0.05) is 30.3 Å². The molecule has 0 heterocycles. The van der Waals surface area contributed by atoms with Gasteiger partial charge in [0.15, 0.2) is 0 Å². The summed E-state index contributed by atoms with van der Waals surface area (Å²) in [7, 11) is -2.78. The first-order valence-corrected chi connectivity index (χ1v) is 4.90. The fourth-order valence-corrected chi connectivity index (χ4v) is 1.01. The highest BCUT2D eigenvalue weighted by Crippen LogP contribution is 2.17. The van der Waals surface area contributed by atoms with E-state index in [4.69, 9.17) is 15.1 Å². The van der Waals surface area contributed by atoms with E-state index in [1.165, 1.54) is 0 Å². The van der Waals surface area contributed by atoms with Crippen molar-refractivity contribution in [1.82, 2.24) is 0 Å². The van der Waals surface area contributed by atoms with Gasteiger partial charge >= 0.3 is 8.25 Å². The molecule has 2 N–H and O–H groups in total. The maximum absolute atomic E-state index is 10.1. The Labute approximate surface area is 81.8 Å². The van der Waals surface area contributed by atoms with Gasteiger partial charge in [-0.3, -0.25) is 4.57 Å². The largest absolute Gasteiger partial charge is 0.326 e. The number of carbonyl (C=O) groups excluding carboxylic acids is 1. The molecule has 0 amide bonds. The van der Waals surface area contributed by atoms with Crippen LogP contribution in [0.25, 0.3) is 0 Å². The molecule has 0 bridgehead atoms. The van der Waals surface area contributed by atoms with E-state index >= 15 is 0 Å². The van der Waals surface area contributed by atoms with Crippen LogP contribution in [0, 0.1) is 5.41 Å². The first-order chi connectivity index (χ1) is 6.70. The SMILES string of the molecule is N=C=O.O=[PH](O)OCc1ccccc1. The number of nitrogens with one attached hydrogen (secondary N) is 1. The minimum absolute atomic E-state index is 0.204. The molecular weight excluding hydrogens is 205 g/mol. The molecule has 0 aliphatic carbocycles. The molecule has 76 valence electrons. The van der Waals surface area contributed by atoms with Crippen LogP contribution in [0.15, 0.2) is 30.3 Å². The number of benzene rings is 1. The van der Waals surface area contributed by atoms with Crippen LogP contribution in [-0.2, 0) is 20.5 Å². The van der Waals surface area contributed by atoms with Gasteiger partial charge < -0.3 is 9.42 Å². The average molecular weight is 215 g/mol. The lowest BCUT2D eigenvalue weighted by Crippen LogP contribution is -1.83. The van der Waals surface area contributed by atoms with Crippen molar-refractivity contribution in [2.75, 3.05) is 0 Å². The summed E-state index contributed by atoms with van der Waals surface area (Å²) in [6.07, 6.45) is 0.750. The van der Waals surface area contributed by atoms with Gasteiger partial charge in [-0.25, -0.2) is 10.2 Å². The lowest BCUT2D eigenvalue weighted by atomic mass is 10.2. The maximum atomic E-state index is 10.1. The van der Waals surface area contributed by atoms with Crippen LogP contribution in [0.5, 0.6) is 0 Å². The zero-order valence-corrected chi connectivity index (χ0v) is 8.27. The summed E-state index contributed by atoms with van der Waals surface area (Å²) < 4.78 is 14.7. The second-order valence-electron chi connectivity index (χ2n) is 2.14. The van der Waals surface area contributed by atoms with Crippen LogP contribution in [-0.4, -0.2) is 11.0 Å². The van der Waals surface area contributed by atoms with Crippen molar-refractivity contribution < 1.29 is 18.8 Å². The van der Waals surface area contributed by atoms with Gasteiger partial charge in [-0.15, -0.1) is 0 Å². The Morgan fingerprint density at radius 1 is 1.43 bits per heavy atom. The van der Waals surface area contributed by atoms with Crippen molar-refractivity contribution in [3.63, 3.8) is 0 Å². The molecular formula is C8H10NO4P. The van der Waals surface area contributed by atoms with E-state index < -0.39 is 8.25 Å². The molecule has 0 radical (unpaired) electrons. The number of hydrogen-bond acceptors (Lipinski definition) is 4. The van der Waals surface area contributed by atoms with Crippen molar-refractivity contribution in [3.8, 4) is 0 Å². The third kappa shape index (κ3) is 7.40. The molecule has 0 spiro atoms. The van der Waals surface area contributed by atoms with Gasteiger partial charge in [0, 0.05) is 0 Å². The molecule has 14 heavy (non-hydrogen) atoms. The molecule has 6 heteroatoms. The van der Waals surface area contributed by atoms with Crippen molar-refractivity contribution in [2.24, 2.45) is 0 Å². The molecule has 0 aliphatic rings. The highest BCUT2D eigenvalue weighted by atomic mass is 31.1. The van der Waals surface area contributed by atoms with Crippen LogP contribution in [0.3, 0.4) is 0 Å². The van der Waals surface area contributed by atoms with Crippen LogP contribution in [0.2, 0.25) is 0 Å². The molecule has 0 saturated carbocycles. The summed E-state index contributed by atoms with van der Waals surface area (Å²) in [6.45, 7) is 0.204. The smallest absolute Gasteiger partial charge is 0.316 e. The van der Waals surface area contributed by atoms with Crippen molar-refractivity contribution in [3.05, 3.63) is 35.9 Å². The van der Waals surface area contributed by atoms with Crippen LogP contribution in [0.4, 0.5) is 0 Å². The Balaban J connectivity index is 0.000000500. The zero-order valence-electron chi connectivity index (χ0n) is 7.27. The predicted molar refractivity (Wildman–Crippen MR) is 50.9 cm³/mol. The monoisotopic (exact) mass is 215 g/mol. The molecule has 1 unspecified atom stereocenters. The second kappa shape index (κ2) is 8.35. The quantitative estimate of drug-likeness (QED) is 0.454. The standard InChI is InChI=1S/C7H9O3P.CHNO/c8-11(9)10-6-7-4-2-1-3-5-7;2-1-3/h1-5,11H,6H2,(H,8,9);2H. The topological polar surface area (TPSA) is 87.5 Å². The number of rotatable bonds is 3. The van der Waals surface area contributed by atoms with E-state index in [9.17, 15) is 4.57 Å². The molecule has 0 aromatic heterocycles. The molecule has 5 nitrogen and oxygen atoms in total. The normalized spacial score (nSPS) is 10.6. The highest BCUT2D eigenvalue weighted by molar-refractivity contribution is 7.32. The van der Waals surface area contributed by atoms with Gasteiger partial charge in [0.05, 0.1) is 6.61 Å². The highest BCUT2D eigenvalue weighted by Gasteiger charge is 1.93. The van der Waals surface area contributed by atoms with Gasteiger partial charge in [0.1, 0.15) is 0 Å². The number of hydrogen-bond donors (Lipinski definition) is 2. The van der Waals surface area contributed by atoms with Crippen molar-refractivity contribution in [2.45, 2.75) is 6.61 Å². The molecule has 1 rings (SSSR count). The van der Waals surface area contributed by atoms with Gasteiger partial charge in [-0.2, -0.15) is 0 Å². The van der Waals surface area contributed by atoms with E-state index in [1.807, 2.05) is 30.3 Å². The van der Waals surface area contributed by atoms with E-state index in [-0.39, 0.29) is 6.61 Å². The van der Waals surface area contributed by atoms with E-state index in [0.29, 0.717) is 0 Å². The third-order valence-corrected chi connectivity index (χ3v) is 1.60. The van der Waals surface area contributed by atoms with E-state index in [1.54, 1.807) is 0 Å². The minimum atomic E-state index is -2.78. The van der Waals surface area contributed by atoms with Gasteiger partial charge in [0.2, 0.25) is 6.08 Å². The molecule has 0 saturated heterocycles. The maximum Gasteiger partial charge on any atom is 0.316 e. The summed E-state index contributed by atoms with van der Waals surface area (Å²) in [4.78, 5) is 16.7. The summed E-state index contributed by atoms with van der Waals surface area (Å²) in [5.74, 6) is 0. The number of isocyanates is 1. The molecule has 0 aliphatic heterocycles. The Morgan fingerprint density at radius 3 is 2.36 bits per heavy atom. The summed E-state index contributed by atoms with van der Waals surface area (Å²) in [5, 5.41) is 5.40. The first-order valence-electron chi connectivity index (χ1n) is 3.64. The van der Waals surface area contributed by atoms with Gasteiger partial charge in [0.25, 0.3) is 0 Å². The fourth-order valence-electron chi connectivity index (χ4n) is 0.719. The molecule has 1 aromatic rings. The zero-order chi connectivity index (χ0) is 10.8. The van der Waals surface area contributed by atoms with E-state index in [2.05, 4.69) is 4.52 Å². The van der Waals surface area contributed by atoms with Crippen LogP contribution in [0.1, 0.15) is 5.56 Å². The summed E-state index contributed by atoms with van der Waals surface area (Å²) in [5.41, 5.74) is 0.903. The molecule has 0 fully saturated rings. The second-order valence-corrected chi connectivity index (χ2v) is 2.96. The Hall–Kier alpha value is -1.25. The Kier molecular flexibility index (Phi) is 7.61. The third-order valence-electron chi connectivity index (χ3n) is 1.21. The minimum Gasteiger partial charge on any atom is -0.326 e. The average Bonchev–Trinajstić information content (AvgIpc) is 2.18.